The minimum atomic E-state index is -0.428. The van der Waals surface area contributed by atoms with Crippen molar-refractivity contribution in [2.24, 2.45) is 0 Å². The Morgan fingerprint density at radius 3 is 2.65 bits per heavy atom. The van der Waals surface area contributed by atoms with Gasteiger partial charge in [0.2, 0.25) is 5.91 Å². The van der Waals surface area contributed by atoms with Gasteiger partial charge >= 0.3 is 0 Å². The van der Waals surface area contributed by atoms with Crippen molar-refractivity contribution in [1.29, 1.82) is 0 Å². The molecule has 136 valence electrons. The number of fused-ring (bicyclic) bond motifs is 1. The normalized spacial score (nSPS) is 13.0. The maximum atomic E-state index is 12.2. The van der Waals surface area contributed by atoms with Crippen molar-refractivity contribution in [1.82, 2.24) is 5.32 Å². The second-order valence-electron chi connectivity index (χ2n) is 6.23. The Hall–Kier alpha value is -3.09. The highest BCUT2D eigenvalue weighted by atomic mass is 16.6. The van der Waals surface area contributed by atoms with Gasteiger partial charge in [-0.2, -0.15) is 0 Å². The molecule has 2 aromatic carbocycles. The highest BCUT2D eigenvalue weighted by Gasteiger charge is 2.18. The van der Waals surface area contributed by atoms with Gasteiger partial charge in [0.1, 0.15) is 0 Å². The number of benzene rings is 2. The monoisotopic (exact) mass is 354 g/mol. The summed E-state index contributed by atoms with van der Waals surface area (Å²) in [6.45, 7) is 2.30. The summed E-state index contributed by atoms with van der Waals surface area (Å²) in [4.78, 5) is 24.5. The zero-order chi connectivity index (χ0) is 18.4. The van der Waals surface area contributed by atoms with Crippen molar-refractivity contribution in [2.75, 3.05) is 36.4 Å². The molecule has 0 atom stereocenters. The van der Waals surface area contributed by atoms with Crippen LogP contribution in [0.25, 0.3) is 0 Å². The van der Waals surface area contributed by atoms with Crippen LogP contribution >= 0.6 is 0 Å². The lowest BCUT2D eigenvalue weighted by Gasteiger charge is -2.30. The molecule has 7 nitrogen and oxygen atoms in total. The SMILES string of the molecule is O=C(CN1CCCc2ccccc21)NCCNc1ccc([N+](=O)[O-])cc1. The van der Waals surface area contributed by atoms with Crippen LogP contribution in [0.1, 0.15) is 12.0 Å². The highest BCUT2D eigenvalue weighted by Crippen LogP contribution is 2.26. The number of hydrogen-bond acceptors (Lipinski definition) is 5. The van der Waals surface area contributed by atoms with E-state index in [1.807, 2.05) is 12.1 Å². The molecule has 7 heteroatoms. The molecule has 1 aliphatic heterocycles. The molecule has 1 amide bonds. The Bertz CT molecular complexity index is 777. The van der Waals surface area contributed by atoms with E-state index in [1.54, 1.807) is 12.1 Å². The molecule has 0 saturated heterocycles. The Morgan fingerprint density at radius 2 is 1.88 bits per heavy atom. The number of nitrogens with one attached hydrogen (secondary N) is 2. The van der Waals surface area contributed by atoms with Gasteiger partial charge in [-0.1, -0.05) is 18.2 Å². The second kappa shape index (κ2) is 8.33. The van der Waals surface area contributed by atoms with Gasteiger partial charge in [0.15, 0.2) is 0 Å². The fourth-order valence-electron chi connectivity index (χ4n) is 3.11. The summed E-state index contributed by atoms with van der Waals surface area (Å²) >= 11 is 0. The first-order valence-corrected chi connectivity index (χ1v) is 8.71. The van der Waals surface area contributed by atoms with Crippen LogP contribution in [0.5, 0.6) is 0 Å². The molecule has 0 unspecified atom stereocenters. The van der Waals surface area contributed by atoms with Gasteiger partial charge in [-0.25, -0.2) is 0 Å². The number of hydrogen-bond donors (Lipinski definition) is 2. The predicted octanol–water partition coefficient (Wildman–Crippen LogP) is 2.58. The molecule has 2 aromatic rings. The number of nitro benzene ring substituents is 1. The lowest BCUT2D eigenvalue weighted by molar-refractivity contribution is -0.384. The summed E-state index contributed by atoms with van der Waals surface area (Å²) < 4.78 is 0. The molecule has 2 N–H and O–H groups in total. The van der Waals surface area contributed by atoms with Crippen LogP contribution in [0.15, 0.2) is 48.5 Å². The number of rotatable bonds is 7. The third-order valence-corrected chi connectivity index (χ3v) is 4.40. The Kier molecular flexibility index (Phi) is 5.68. The summed E-state index contributed by atoms with van der Waals surface area (Å²) in [7, 11) is 0. The van der Waals surface area contributed by atoms with Crippen molar-refractivity contribution in [3.05, 3.63) is 64.2 Å². The number of anilines is 2. The smallest absolute Gasteiger partial charge is 0.269 e. The average molecular weight is 354 g/mol. The zero-order valence-electron chi connectivity index (χ0n) is 14.5. The molecule has 0 aliphatic carbocycles. The maximum absolute atomic E-state index is 12.2. The number of non-ortho nitro benzene ring substituents is 1. The molecular weight excluding hydrogens is 332 g/mol. The largest absolute Gasteiger partial charge is 0.383 e. The fourth-order valence-corrected chi connectivity index (χ4v) is 3.11. The van der Waals surface area contributed by atoms with E-state index >= 15 is 0 Å². The van der Waals surface area contributed by atoms with Crippen LogP contribution < -0.4 is 15.5 Å². The van der Waals surface area contributed by atoms with E-state index in [4.69, 9.17) is 0 Å². The third kappa shape index (κ3) is 4.50. The Morgan fingerprint density at radius 1 is 1.12 bits per heavy atom. The number of nitro groups is 1. The molecule has 0 spiro atoms. The molecule has 3 rings (SSSR count). The standard InChI is InChI=1S/C19H22N4O3/c24-19(14-22-13-3-5-15-4-1-2-6-18(15)22)21-12-11-20-16-7-9-17(10-8-16)23(25)26/h1-2,4,6-10,20H,3,5,11-14H2,(H,21,24). The van der Waals surface area contributed by atoms with Crippen LogP contribution in [0.4, 0.5) is 17.1 Å². The number of aryl methyl sites for hydroxylation is 1. The number of nitrogens with zero attached hydrogens (tertiary/aromatic N) is 2. The van der Waals surface area contributed by atoms with Gasteiger partial charge in [0.25, 0.3) is 5.69 Å². The minimum absolute atomic E-state index is 0.00722. The van der Waals surface area contributed by atoms with Crippen molar-refractivity contribution in [3.8, 4) is 0 Å². The van der Waals surface area contributed by atoms with E-state index in [0.717, 1.165) is 30.8 Å². The first-order chi connectivity index (χ1) is 12.6. The molecule has 0 radical (unpaired) electrons. The van der Waals surface area contributed by atoms with E-state index in [1.165, 1.54) is 17.7 Å². The predicted molar refractivity (Wildman–Crippen MR) is 102 cm³/mol. The van der Waals surface area contributed by atoms with Crippen molar-refractivity contribution in [2.45, 2.75) is 12.8 Å². The van der Waals surface area contributed by atoms with Gasteiger partial charge < -0.3 is 15.5 Å². The maximum Gasteiger partial charge on any atom is 0.269 e. The summed E-state index contributed by atoms with van der Waals surface area (Å²) in [5.41, 5.74) is 3.30. The number of amides is 1. The van der Waals surface area contributed by atoms with Crippen LogP contribution in [0, 0.1) is 10.1 Å². The summed E-state index contributed by atoms with van der Waals surface area (Å²) in [5.74, 6) is -0.00722. The summed E-state index contributed by atoms with van der Waals surface area (Å²) in [6, 6.07) is 14.4. The first-order valence-electron chi connectivity index (χ1n) is 8.71. The van der Waals surface area contributed by atoms with Crippen molar-refractivity contribution >= 4 is 23.0 Å². The van der Waals surface area contributed by atoms with E-state index in [0.29, 0.717) is 19.6 Å². The van der Waals surface area contributed by atoms with E-state index in [2.05, 4.69) is 27.7 Å². The van der Waals surface area contributed by atoms with Gasteiger partial charge in [0.05, 0.1) is 11.5 Å². The van der Waals surface area contributed by atoms with Crippen LogP contribution in [-0.2, 0) is 11.2 Å². The van der Waals surface area contributed by atoms with E-state index in [-0.39, 0.29) is 11.6 Å². The number of para-hydroxylation sites is 1. The van der Waals surface area contributed by atoms with Crippen LogP contribution in [-0.4, -0.2) is 37.0 Å². The van der Waals surface area contributed by atoms with E-state index < -0.39 is 4.92 Å². The second-order valence-corrected chi connectivity index (χ2v) is 6.23. The quantitative estimate of drug-likeness (QED) is 0.453. The summed E-state index contributed by atoms with van der Waals surface area (Å²) in [5, 5.41) is 16.7. The van der Waals surface area contributed by atoms with Gasteiger partial charge in [-0.3, -0.25) is 14.9 Å². The third-order valence-electron chi connectivity index (χ3n) is 4.40. The van der Waals surface area contributed by atoms with Gasteiger partial charge in [0, 0.05) is 43.1 Å². The van der Waals surface area contributed by atoms with Crippen molar-refractivity contribution < 1.29 is 9.72 Å². The number of carbonyl (C=O) groups is 1. The lowest BCUT2D eigenvalue weighted by atomic mass is 10.0. The Labute approximate surface area is 152 Å². The van der Waals surface area contributed by atoms with Gasteiger partial charge in [-0.05, 0) is 36.6 Å². The molecule has 26 heavy (non-hydrogen) atoms. The lowest BCUT2D eigenvalue weighted by Crippen LogP contribution is -2.41. The highest BCUT2D eigenvalue weighted by molar-refractivity contribution is 5.81. The number of carbonyl (C=O) groups excluding carboxylic acids is 1. The van der Waals surface area contributed by atoms with Crippen LogP contribution in [0.3, 0.4) is 0 Å². The summed E-state index contributed by atoms with van der Waals surface area (Å²) in [6.07, 6.45) is 2.12. The molecular formula is C19H22N4O3. The molecule has 1 heterocycles. The van der Waals surface area contributed by atoms with Crippen molar-refractivity contribution in [3.63, 3.8) is 0 Å². The molecule has 1 aliphatic rings. The average Bonchev–Trinajstić information content (AvgIpc) is 2.66. The van der Waals surface area contributed by atoms with Crippen LogP contribution in [0.2, 0.25) is 0 Å². The molecule has 0 fully saturated rings. The zero-order valence-corrected chi connectivity index (χ0v) is 14.5. The topological polar surface area (TPSA) is 87.5 Å². The Balaban J connectivity index is 1.42. The molecule has 0 saturated carbocycles. The minimum Gasteiger partial charge on any atom is -0.383 e. The molecule has 0 aromatic heterocycles. The van der Waals surface area contributed by atoms with Gasteiger partial charge in [-0.15, -0.1) is 0 Å². The first kappa shape index (κ1) is 17.7. The molecule has 0 bridgehead atoms. The fraction of sp³-hybridized carbons (Fsp3) is 0.316. The van der Waals surface area contributed by atoms with E-state index in [9.17, 15) is 14.9 Å².